The second kappa shape index (κ2) is 8.78. The van der Waals surface area contributed by atoms with Gasteiger partial charge in [-0.25, -0.2) is 0 Å². The molecule has 3 rings (SSSR count). The molecule has 0 aliphatic carbocycles. The highest BCUT2D eigenvalue weighted by atomic mass is 16.5. The van der Waals surface area contributed by atoms with Crippen molar-refractivity contribution in [1.82, 2.24) is 0 Å². The predicted molar refractivity (Wildman–Crippen MR) is 108 cm³/mol. The molecule has 1 aliphatic heterocycles. The van der Waals surface area contributed by atoms with Crippen molar-refractivity contribution in [3.05, 3.63) is 59.7 Å². The highest BCUT2D eigenvalue weighted by molar-refractivity contribution is 5.97. The van der Waals surface area contributed by atoms with Crippen LogP contribution in [0.2, 0.25) is 0 Å². The molecule has 0 unspecified atom stereocenters. The standard InChI is InChI=1S/C23H24N2O4/c1-15-8-10-17(11-9-15)25-21(26)13-12-19(23(27)29-16(2)14-24)22(25)18-6-4-5-7-20(18)28-3/h4-11,16,19,22H,12-13H2,1-3H3/t16-,19+,22-/m0/s1. The molecule has 1 saturated heterocycles. The van der Waals surface area contributed by atoms with Crippen LogP contribution in [0.15, 0.2) is 48.5 Å². The SMILES string of the molecule is COc1ccccc1[C@H]1[C@H](C(=O)O[C@@H](C)C#N)CCC(=O)N1c1ccc(C)cc1. The summed E-state index contributed by atoms with van der Waals surface area (Å²) in [6.07, 6.45) is -0.285. The van der Waals surface area contributed by atoms with Gasteiger partial charge in [0.2, 0.25) is 5.91 Å². The van der Waals surface area contributed by atoms with Crippen molar-refractivity contribution in [3.63, 3.8) is 0 Å². The number of benzene rings is 2. The second-order valence-corrected chi connectivity index (χ2v) is 7.14. The number of hydrogen-bond donors (Lipinski definition) is 0. The fraction of sp³-hybridized carbons (Fsp3) is 0.348. The maximum Gasteiger partial charge on any atom is 0.312 e. The highest BCUT2D eigenvalue weighted by Crippen LogP contribution is 2.43. The molecular formula is C23H24N2O4. The Morgan fingerprint density at radius 2 is 1.90 bits per heavy atom. The second-order valence-electron chi connectivity index (χ2n) is 7.14. The number of aryl methyl sites for hydroxylation is 1. The van der Waals surface area contributed by atoms with Crippen LogP contribution in [0.3, 0.4) is 0 Å². The number of carbonyl (C=O) groups is 2. The summed E-state index contributed by atoms with van der Waals surface area (Å²) in [5.74, 6) is -0.571. The lowest BCUT2D eigenvalue weighted by Gasteiger charge is -2.41. The molecule has 3 atom stereocenters. The Bertz CT molecular complexity index is 933. The summed E-state index contributed by atoms with van der Waals surface area (Å²) in [5.41, 5.74) is 2.52. The van der Waals surface area contributed by atoms with Crippen LogP contribution in [0.5, 0.6) is 5.75 Å². The zero-order valence-corrected chi connectivity index (χ0v) is 16.8. The molecule has 6 nitrogen and oxygen atoms in total. The van der Waals surface area contributed by atoms with Gasteiger partial charge in [-0.05, 0) is 38.5 Å². The van der Waals surface area contributed by atoms with E-state index in [0.29, 0.717) is 17.9 Å². The molecule has 150 valence electrons. The highest BCUT2D eigenvalue weighted by Gasteiger charge is 2.43. The molecule has 0 spiro atoms. The lowest BCUT2D eigenvalue weighted by atomic mass is 9.83. The van der Waals surface area contributed by atoms with Crippen molar-refractivity contribution in [2.45, 2.75) is 38.8 Å². The Morgan fingerprint density at radius 1 is 1.21 bits per heavy atom. The van der Waals surface area contributed by atoms with Gasteiger partial charge in [0, 0.05) is 17.7 Å². The van der Waals surface area contributed by atoms with E-state index in [1.54, 1.807) is 12.0 Å². The number of nitrogens with zero attached hydrogens (tertiary/aromatic N) is 2. The van der Waals surface area contributed by atoms with Gasteiger partial charge in [-0.15, -0.1) is 0 Å². The summed E-state index contributed by atoms with van der Waals surface area (Å²) in [6.45, 7) is 3.50. The molecule has 6 heteroatoms. The van der Waals surface area contributed by atoms with Gasteiger partial charge < -0.3 is 14.4 Å². The van der Waals surface area contributed by atoms with Gasteiger partial charge in [-0.1, -0.05) is 35.9 Å². The van der Waals surface area contributed by atoms with Crippen molar-refractivity contribution < 1.29 is 19.1 Å². The van der Waals surface area contributed by atoms with Crippen molar-refractivity contribution in [1.29, 1.82) is 5.26 Å². The first-order chi connectivity index (χ1) is 14.0. The van der Waals surface area contributed by atoms with E-state index in [2.05, 4.69) is 0 Å². The minimum Gasteiger partial charge on any atom is -0.496 e. The largest absolute Gasteiger partial charge is 0.496 e. The van der Waals surface area contributed by atoms with E-state index in [1.807, 2.05) is 61.5 Å². The van der Waals surface area contributed by atoms with Gasteiger partial charge in [0.1, 0.15) is 11.8 Å². The number of esters is 1. The predicted octanol–water partition coefficient (Wildman–Crippen LogP) is 3.94. The van der Waals surface area contributed by atoms with Crippen LogP contribution in [0, 0.1) is 24.2 Å². The molecule has 29 heavy (non-hydrogen) atoms. The molecule has 1 aliphatic rings. The molecule has 0 N–H and O–H groups in total. The van der Waals surface area contributed by atoms with E-state index in [1.165, 1.54) is 6.92 Å². The molecule has 1 amide bonds. The van der Waals surface area contributed by atoms with Crippen LogP contribution in [0.4, 0.5) is 5.69 Å². The maximum absolute atomic E-state index is 13.0. The Balaban J connectivity index is 2.11. The number of carbonyl (C=O) groups excluding carboxylic acids is 2. The van der Waals surface area contributed by atoms with Gasteiger partial charge in [-0.3, -0.25) is 9.59 Å². The first-order valence-corrected chi connectivity index (χ1v) is 9.58. The monoisotopic (exact) mass is 392 g/mol. The van der Waals surface area contributed by atoms with Crippen LogP contribution >= 0.6 is 0 Å². The fourth-order valence-electron chi connectivity index (χ4n) is 3.70. The molecule has 0 aromatic heterocycles. The molecule has 2 aromatic carbocycles. The van der Waals surface area contributed by atoms with Crippen molar-refractivity contribution in [3.8, 4) is 11.8 Å². The van der Waals surface area contributed by atoms with E-state index in [4.69, 9.17) is 14.7 Å². The number of amides is 1. The number of methoxy groups -OCH3 is 1. The third-order valence-corrected chi connectivity index (χ3v) is 5.14. The number of nitriles is 1. The summed E-state index contributed by atoms with van der Waals surface area (Å²) in [6, 6.07) is 16.3. The lowest BCUT2D eigenvalue weighted by molar-refractivity contribution is -0.153. The normalized spacial score (nSPS) is 19.9. The van der Waals surface area contributed by atoms with E-state index in [9.17, 15) is 9.59 Å². The van der Waals surface area contributed by atoms with Crippen LogP contribution in [0.25, 0.3) is 0 Å². The zero-order chi connectivity index (χ0) is 21.0. The Kier molecular flexibility index (Phi) is 6.18. The number of para-hydroxylation sites is 1. The van der Waals surface area contributed by atoms with E-state index in [0.717, 1.165) is 11.1 Å². The maximum atomic E-state index is 13.0. The van der Waals surface area contributed by atoms with E-state index >= 15 is 0 Å². The van der Waals surface area contributed by atoms with Gasteiger partial charge in [0.25, 0.3) is 0 Å². The van der Waals surface area contributed by atoms with Crippen LogP contribution < -0.4 is 9.64 Å². The number of anilines is 1. The molecule has 0 saturated carbocycles. The number of rotatable bonds is 5. The fourth-order valence-corrected chi connectivity index (χ4v) is 3.70. The summed E-state index contributed by atoms with van der Waals surface area (Å²) in [7, 11) is 1.56. The molecule has 2 aromatic rings. The van der Waals surface area contributed by atoms with Gasteiger partial charge in [0.05, 0.1) is 19.1 Å². The minimum atomic E-state index is -0.855. The van der Waals surface area contributed by atoms with Crippen molar-refractivity contribution in [2.75, 3.05) is 12.0 Å². The molecule has 1 fully saturated rings. The molecule has 0 bridgehead atoms. The Labute approximate surface area is 170 Å². The number of hydrogen-bond acceptors (Lipinski definition) is 5. The average molecular weight is 392 g/mol. The van der Waals surface area contributed by atoms with Crippen LogP contribution in [-0.2, 0) is 14.3 Å². The van der Waals surface area contributed by atoms with Crippen LogP contribution in [-0.4, -0.2) is 25.1 Å². The molecule has 1 heterocycles. The third-order valence-electron chi connectivity index (χ3n) is 5.14. The topological polar surface area (TPSA) is 79.6 Å². The van der Waals surface area contributed by atoms with Crippen molar-refractivity contribution in [2.24, 2.45) is 5.92 Å². The minimum absolute atomic E-state index is 0.0675. The van der Waals surface area contributed by atoms with Crippen LogP contribution in [0.1, 0.15) is 36.9 Å². The van der Waals surface area contributed by atoms with Gasteiger partial charge in [-0.2, -0.15) is 5.26 Å². The summed E-state index contributed by atoms with van der Waals surface area (Å²) < 4.78 is 10.8. The van der Waals surface area contributed by atoms with Gasteiger partial charge >= 0.3 is 5.97 Å². The Hall–Kier alpha value is -3.33. The summed E-state index contributed by atoms with van der Waals surface area (Å²) in [4.78, 5) is 27.6. The average Bonchev–Trinajstić information content (AvgIpc) is 2.74. The third kappa shape index (κ3) is 4.24. The number of ether oxygens (including phenoxy) is 2. The Morgan fingerprint density at radius 3 is 2.55 bits per heavy atom. The summed E-state index contributed by atoms with van der Waals surface area (Å²) in [5, 5.41) is 9.03. The van der Waals surface area contributed by atoms with E-state index in [-0.39, 0.29) is 12.3 Å². The zero-order valence-electron chi connectivity index (χ0n) is 16.8. The van der Waals surface area contributed by atoms with Gasteiger partial charge in [0.15, 0.2) is 6.10 Å². The molecular weight excluding hydrogens is 368 g/mol. The number of piperidine rings is 1. The first-order valence-electron chi connectivity index (χ1n) is 9.58. The van der Waals surface area contributed by atoms with Crippen molar-refractivity contribution >= 4 is 17.6 Å². The first kappa shape index (κ1) is 20.4. The molecule has 0 radical (unpaired) electrons. The smallest absolute Gasteiger partial charge is 0.312 e. The summed E-state index contributed by atoms with van der Waals surface area (Å²) >= 11 is 0. The quantitative estimate of drug-likeness (QED) is 0.720. The lowest BCUT2D eigenvalue weighted by Crippen LogP contribution is -2.46. The van der Waals surface area contributed by atoms with E-state index < -0.39 is 24.0 Å².